The van der Waals surface area contributed by atoms with Crippen LogP contribution in [0.2, 0.25) is 0 Å². The number of amides is 3. The van der Waals surface area contributed by atoms with E-state index in [0.29, 0.717) is 38.5 Å². The summed E-state index contributed by atoms with van der Waals surface area (Å²) in [4.78, 5) is 33.7. The number of ether oxygens (including phenoxy) is 3. The largest absolute Gasteiger partial charge is 0.392 e. The second kappa shape index (κ2) is 19.9. The van der Waals surface area contributed by atoms with Gasteiger partial charge in [0.1, 0.15) is 12.6 Å². The highest BCUT2D eigenvalue weighted by atomic mass is 16.5. The highest BCUT2D eigenvalue weighted by molar-refractivity contribution is 5.96. The fourth-order valence-corrected chi connectivity index (χ4v) is 2.44. The SMILES string of the molecule is CC(C)CC(=O)NC(C)C(=O)Nc1ccc(CO)cc1.CCCOCCOCCOCC(N)=O. The van der Waals surface area contributed by atoms with E-state index in [4.69, 9.17) is 25.1 Å². The van der Waals surface area contributed by atoms with Crippen molar-refractivity contribution in [3.8, 4) is 0 Å². The molecule has 1 aromatic rings. The van der Waals surface area contributed by atoms with Crippen molar-refractivity contribution in [3.63, 3.8) is 0 Å². The first-order valence-corrected chi connectivity index (χ1v) is 11.5. The summed E-state index contributed by atoms with van der Waals surface area (Å²) < 4.78 is 15.2. The zero-order valence-corrected chi connectivity index (χ0v) is 20.8. The molecule has 0 bridgehead atoms. The number of aliphatic hydroxyl groups excluding tert-OH is 1. The Morgan fingerprint density at radius 2 is 1.50 bits per heavy atom. The molecule has 0 aliphatic heterocycles. The van der Waals surface area contributed by atoms with Gasteiger partial charge in [-0.15, -0.1) is 0 Å². The normalized spacial score (nSPS) is 11.4. The maximum Gasteiger partial charge on any atom is 0.246 e. The fraction of sp³-hybridized carbons (Fsp3) is 0.625. The predicted molar refractivity (Wildman–Crippen MR) is 130 cm³/mol. The van der Waals surface area contributed by atoms with Gasteiger partial charge < -0.3 is 35.7 Å². The highest BCUT2D eigenvalue weighted by Gasteiger charge is 2.16. The fourth-order valence-electron chi connectivity index (χ4n) is 2.44. The first-order chi connectivity index (χ1) is 16.2. The Morgan fingerprint density at radius 1 is 0.941 bits per heavy atom. The number of benzene rings is 1. The monoisotopic (exact) mass is 483 g/mol. The molecule has 5 N–H and O–H groups in total. The van der Waals surface area contributed by atoms with E-state index in [2.05, 4.69) is 17.6 Å². The summed E-state index contributed by atoms with van der Waals surface area (Å²) >= 11 is 0. The Hall–Kier alpha value is -2.53. The third kappa shape index (κ3) is 18.0. The minimum absolute atomic E-state index is 0.0319. The van der Waals surface area contributed by atoms with Crippen molar-refractivity contribution in [1.29, 1.82) is 0 Å². The Balaban J connectivity index is 0.000000686. The van der Waals surface area contributed by atoms with E-state index in [1.165, 1.54) is 0 Å². The molecule has 1 rings (SSSR count). The van der Waals surface area contributed by atoms with Gasteiger partial charge in [-0.1, -0.05) is 32.9 Å². The molecule has 0 aromatic heterocycles. The molecule has 10 heteroatoms. The molecule has 0 radical (unpaired) electrons. The molecular weight excluding hydrogens is 442 g/mol. The lowest BCUT2D eigenvalue weighted by molar-refractivity contribution is -0.126. The van der Waals surface area contributed by atoms with Gasteiger partial charge in [0.2, 0.25) is 17.7 Å². The maximum absolute atomic E-state index is 11.9. The average molecular weight is 484 g/mol. The number of aliphatic hydroxyl groups is 1. The van der Waals surface area contributed by atoms with Crippen molar-refractivity contribution < 1.29 is 33.7 Å². The number of anilines is 1. The van der Waals surface area contributed by atoms with E-state index in [1.54, 1.807) is 31.2 Å². The number of carbonyl (C=O) groups excluding carboxylic acids is 3. The van der Waals surface area contributed by atoms with Crippen LogP contribution in [-0.2, 0) is 35.2 Å². The minimum atomic E-state index is -0.584. The Labute approximate surface area is 202 Å². The molecule has 0 aliphatic rings. The summed E-state index contributed by atoms with van der Waals surface area (Å²) in [6.45, 7) is 10.3. The summed E-state index contributed by atoms with van der Waals surface area (Å²) in [6, 6.07) is 6.31. The first-order valence-electron chi connectivity index (χ1n) is 11.5. The molecule has 0 fully saturated rings. The predicted octanol–water partition coefficient (Wildman–Crippen LogP) is 1.60. The van der Waals surface area contributed by atoms with E-state index < -0.39 is 11.9 Å². The maximum atomic E-state index is 11.9. The van der Waals surface area contributed by atoms with Gasteiger partial charge in [0.25, 0.3) is 0 Å². The summed E-state index contributed by atoms with van der Waals surface area (Å²) in [5.41, 5.74) is 6.28. The van der Waals surface area contributed by atoms with Crippen molar-refractivity contribution in [2.75, 3.05) is 45.0 Å². The van der Waals surface area contributed by atoms with Crippen molar-refractivity contribution in [3.05, 3.63) is 29.8 Å². The third-order valence-electron chi connectivity index (χ3n) is 4.11. The number of hydrogen-bond donors (Lipinski definition) is 4. The van der Waals surface area contributed by atoms with Crippen LogP contribution in [0, 0.1) is 5.92 Å². The molecule has 0 heterocycles. The van der Waals surface area contributed by atoms with E-state index in [1.807, 2.05) is 13.8 Å². The summed E-state index contributed by atoms with van der Waals surface area (Å²) in [5, 5.41) is 14.3. The number of rotatable bonds is 16. The summed E-state index contributed by atoms with van der Waals surface area (Å²) in [5.74, 6) is -0.593. The summed E-state index contributed by atoms with van der Waals surface area (Å²) in [7, 11) is 0. The number of nitrogens with one attached hydrogen (secondary N) is 2. The second-order valence-electron chi connectivity index (χ2n) is 7.98. The summed E-state index contributed by atoms with van der Waals surface area (Å²) in [6.07, 6.45) is 1.42. The molecule has 0 saturated heterocycles. The van der Waals surface area contributed by atoms with Crippen LogP contribution in [0.3, 0.4) is 0 Å². The molecular formula is C24H41N3O7. The standard InChI is InChI=1S/C15H22N2O3.C9H19NO4/c1-10(2)8-14(19)16-11(3)15(20)17-13-6-4-12(9-18)5-7-13;1-2-3-12-4-5-13-6-7-14-8-9(10)11/h4-7,10-11,18H,8-9H2,1-3H3,(H,16,19)(H,17,20);2-8H2,1H3,(H2,10,11). The van der Waals surface area contributed by atoms with Gasteiger partial charge in [-0.25, -0.2) is 0 Å². The molecule has 0 saturated carbocycles. The molecule has 1 unspecified atom stereocenters. The highest BCUT2D eigenvalue weighted by Crippen LogP contribution is 2.10. The number of nitrogens with two attached hydrogens (primary N) is 1. The third-order valence-corrected chi connectivity index (χ3v) is 4.11. The van der Waals surface area contributed by atoms with Gasteiger partial charge in [-0.3, -0.25) is 14.4 Å². The lowest BCUT2D eigenvalue weighted by atomic mass is 10.1. The first kappa shape index (κ1) is 31.5. The molecule has 0 spiro atoms. The second-order valence-corrected chi connectivity index (χ2v) is 7.98. The van der Waals surface area contributed by atoms with Gasteiger partial charge in [0.15, 0.2) is 0 Å². The van der Waals surface area contributed by atoms with Crippen molar-refractivity contribution >= 4 is 23.4 Å². The van der Waals surface area contributed by atoms with Crippen LogP contribution in [0.25, 0.3) is 0 Å². The zero-order valence-electron chi connectivity index (χ0n) is 20.8. The number of carbonyl (C=O) groups is 3. The molecule has 34 heavy (non-hydrogen) atoms. The smallest absolute Gasteiger partial charge is 0.246 e. The van der Waals surface area contributed by atoms with Crippen LogP contribution < -0.4 is 16.4 Å². The van der Waals surface area contributed by atoms with Gasteiger partial charge in [0.05, 0.1) is 33.0 Å². The van der Waals surface area contributed by atoms with Crippen molar-refractivity contribution in [1.82, 2.24) is 5.32 Å². The van der Waals surface area contributed by atoms with Crippen LogP contribution in [0.4, 0.5) is 5.69 Å². The van der Waals surface area contributed by atoms with Crippen LogP contribution in [0.15, 0.2) is 24.3 Å². The van der Waals surface area contributed by atoms with Gasteiger partial charge in [-0.05, 0) is 37.0 Å². The minimum Gasteiger partial charge on any atom is -0.392 e. The zero-order chi connectivity index (χ0) is 25.8. The molecule has 3 amide bonds. The van der Waals surface area contributed by atoms with Crippen molar-refractivity contribution in [2.45, 2.75) is 53.2 Å². The Morgan fingerprint density at radius 3 is 2.00 bits per heavy atom. The quantitative estimate of drug-likeness (QED) is 0.261. The van der Waals surface area contributed by atoms with Crippen LogP contribution in [0.1, 0.15) is 46.1 Å². The van der Waals surface area contributed by atoms with Crippen molar-refractivity contribution in [2.24, 2.45) is 11.7 Å². The van der Waals surface area contributed by atoms with E-state index in [0.717, 1.165) is 18.6 Å². The topological polar surface area (TPSA) is 149 Å². The molecule has 10 nitrogen and oxygen atoms in total. The number of primary amides is 1. The van der Waals surface area contributed by atoms with Gasteiger partial charge in [-0.2, -0.15) is 0 Å². The Bertz CT molecular complexity index is 696. The van der Waals surface area contributed by atoms with Crippen LogP contribution in [-0.4, -0.2) is 68.5 Å². The molecule has 1 aromatic carbocycles. The van der Waals surface area contributed by atoms with Crippen LogP contribution >= 0.6 is 0 Å². The molecule has 1 atom stereocenters. The van der Waals surface area contributed by atoms with E-state index >= 15 is 0 Å². The number of hydrogen-bond acceptors (Lipinski definition) is 7. The molecule has 0 aliphatic carbocycles. The van der Waals surface area contributed by atoms with Gasteiger partial charge >= 0.3 is 0 Å². The van der Waals surface area contributed by atoms with E-state index in [9.17, 15) is 14.4 Å². The Kier molecular flexibility index (Phi) is 18.4. The van der Waals surface area contributed by atoms with Crippen LogP contribution in [0.5, 0.6) is 0 Å². The average Bonchev–Trinajstić information content (AvgIpc) is 2.78. The van der Waals surface area contributed by atoms with E-state index in [-0.39, 0.29) is 30.9 Å². The molecule has 194 valence electrons. The lowest BCUT2D eigenvalue weighted by Crippen LogP contribution is -2.41. The lowest BCUT2D eigenvalue weighted by Gasteiger charge is -2.15. The van der Waals surface area contributed by atoms with Gasteiger partial charge in [0, 0.05) is 18.7 Å².